The Balaban J connectivity index is 2.56. The molecule has 0 saturated carbocycles. The number of methoxy groups -OCH3 is 1. The molecule has 0 N–H and O–H groups in total. The van der Waals surface area contributed by atoms with E-state index in [1.165, 1.54) is 23.8 Å². The molecule has 0 fully saturated rings. The number of hydrogen-bond acceptors (Lipinski definition) is 3. The summed E-state index contributed by atoms with van der Waals surface area (Å²) in [6.07, 6.45) is 0. The van der Waals surface area contributed by atoms with Gasteiger partial charge in [0.1, 0.15) is 17.0 Å². The molecule has 0 spiro atoms. The number of imidazole rings is 1. The molecule has 0 aliphatic carbocycles. The maximum atomic E-state index is 13.6. The second-order valence-corrected chi connectivity index (χ2v) is 3.95. The standard InChI is InChI=1S/C12H9ClFN3O/c1-17-11(13)9(6-15)16-12(17)7-3-4-10(18-2)8(14)5-7/h3-5H,1-2H3. The molecule has 0 radical (unpaired) electrons. The van der Waals surface area contributed by atoms with Crippen LogP contribution in [0, 0.1) is 17.1 Å². The first kappa shape index (κ1) is 12.4. The van der Waals surface area contributed by atoms with Gasteiger partial charge in [-0.1, -0.05) is 11.6 Å². The predicted octanol–water partition coefficient (Wildman–Crippen LogP) is 2.76. The van der Waals surface area contributed by atoms with Crippen LogP contribution in [-0.2, 0) is 7.05 Å². The lowest BCUT2D eigenvalue weighted by Gasteiger charge is -2.05. The zero-order valence-corrected chi connectivity index (χ0v) is 10.5. The van der Waals surface area contributed by atoms with Crippen molar-refractivity contribution in [2.75, 3.05) is 7.11 Å². The van der Waals surface area contributed by atoms with Crippen molar-refractivity contribution >= 4 is 11.6 Å². The molecular formula is C12H9ClFN3O. The molecule has 0 saturated heterocycles. The molecule has 2 aromatic rings. The van der Waals surface area contributed by atoms with Gasteiger partial charge in [-0.05, 0) is 18.2 Å². The monoisotopic (exact) mass is 265 g/mol. The van der Waals surface area contributed by atoms with E-state index in [-0.39, 0.29) is 16.6 Å². The number of rotatable bonds is 2. The van der Waals surface area contributed by atoms with E-state index in [2.05, 4.69) is 4.98 Å². The highest BCUT2D eigenvalue weighted by atomic mass is 35.5. The van der Waals surface area contributed by atoms with E-state index in [9.17, 15) is 4.39 Å². The number of nitrogens with zero attached hydrogens (tertiary/aromatic N) is 3. The first-order valence-electron chi connectivity index (χ1n) is 5.04. The Morgan fingerprint density at radius 1 is 1.50 bits per heavy atom. The Kier molecular flexibility index (Phi) is 3.21. The molecule has 18 heavy (non-hydrogen) atoms. The summed E-state index contributed by atoms with van der Waals surface area (Å²) >= 11 is 5.92. The van der Waals surface area contributed by atoms with Crippen molar-refractivity contribution < 1.29 is 9.13 Å². The summed E-state index contributed by atoms with van der Waals surface area (Å²) in [6, 6.07) is 6.33. The Morgan fingerprint density at radius 3 is 2.72 bits per heavy atom. The Bertz CT molecular complexity index is 646. The number of ether oxygens (including phenoxy) is 1. The molecular weight excluding hydrogens is 257 g/mol. The molecule has 1 aromatic carbocycles. The maximum absolute atomic E-state index is 13.6. The Labute approximate surface area is 108 Å². The van der Waals surface area contributed by atoms with E-state index in [0.29, 0.717) is 11.4 Å². The summed E-state index contributed by atoms with van der Waals surface area (Å²) < 4.78 is 20.0. The average Bonchev–Trinajstić information content (AvgIpc) is 2.66. The van der Waals surface area contributed by atoms with Crippen LogP contribution in [-0.4, -0.2) is 16.7 Å². The van der Waals surface area contributed by atoms with E-state index in [1.807, 2.05) is 6.07 Å². The summed E-state index contributed by atoms with van der Waals surface area (Å²) in [7, 11) is 3.05. The van der Waals surface area contributed by atoms with E-state index >= 15 is 0 Å². The van der Waals surface area contributed by atoms with Gasteiger partial charge in [-0.15, -0.1) is 0 Å². The second-order valence-electron chi connectivity index (χ2n) is 3.59. The zero-order chi connectivity index (χ0) is 13.3. The molecule has 1 heterocycles. The van der Waals surface area contributed by atoms with Gasteiger partial charge >= 0.3 is 0 Å². The zero-order valence-electron chi connectivity index (χ0n) is 9.74. The molecule has 0 unspecified atom stereocenters. The fourth-order valence-corrected chi connectivity index (χ4v) is 1.78. The van der Waals surface area contributed by atoms with Crippen molar-refractivity contribution in [2.24, 2.45) is 7.05 Å². The third kappa shape index (κ3) is 1.91. The fraction of sp³-hybridized carbons (Fsp3) is 0.167. The first-order chi connectivity index (χ1) is 8.58. The van der Waals surface area contributed by atoms with Gasteiger partial charge in [0.2, 0.25) is 0 Å². The van der Waals surface area contributed by atoms with Crippen molar-refractivity contribution in [2.45, 2.75) is 0 Å². The smallest absolute Gasteiger partial charge is 0.178 e. The number of aromatic nitrogens is 2. The Morgan fingerprint density at radius 2 is 2.22 bits per heavy atom. The summed E-state index contributed by atoms with van der Waals surface area (Å²) in [5.41, 5.74) is 0.643. The highest BCUT2D eigenvalue weighted by molar-refractivity contribution is 6.30. The minimum absolute atomic E-state index is 0.116. The van der Waals surface area contributed by atoms with Crippen molar-refractivity contribution in [1.29, 1.82) is 5.26 Å². The van der Waals surface area contributed by atoms with Gasteiger partial charge in [0.25, 0.3) is 0 Å². The van der Waals surface area contributed by atoms with Crippen LogP contribution in [0.15, 0.2) is 18.2 Å². The fourth-order valence-electron chi connectivity index (χ4n) is 1.61. The van der Waals surface area contributed by atoms with Crippen LogP contribution in [0.2, 0.25) is 5.15 Å². The molecule has 0 atom stereocenters. The van der Waals surface area contributed by atoms with Gasteiger partial charge in [0.05, 0.1) is 7.11 Å². The lowest BCUT2D eigenvalue weighted by molar-refractivity contribution is 0.386. The van der Waals surface area contributed by atoms with Gasteiger partial charge in [0, 0.05) is 12.6 Å². The molecule has 92 valence electrons. The number of benzene rings is 1. The normalized spacial score (nSPS) is 10.2. The SMILES string of the molecule is COc1ccc(-c2nc(C#N)c(Cl)n2C)cc1F. The van der Waals surface area contributed by atoms with E-state index in [1.54, 1.807) is 13.1 Å². The molecule has 0 amide bonds. The molecule has 0 bridgehead atoms. The summed E-state index contributed by atoms with van der Waals surface area (Å²) in [4.78, 5) is 4.06. The van der Waals surface area contributed by atoms with Gasteiger partial charge in [-0.25, -0.2) is 9.37 Å². The van der Waals surface area contributed by atoms with Crippen molar-refractivity contribution in [3.8, 4) is 23.2 Å². The predicted molar refractivity (Wildman–Crippen MR) is 64.9 cm³/mol. The number of halogens is 2. The largest absolute Gasteiger partial charge is 0.494 e. The number of nitriles is 1. The van der Waals surface area contributed by atoms with E-state index < -0.39 is 5.82 Å². The third-order valence-electron chi connectivity index (χ3n) is 2.54. The second kappa shape index (κ2) is 4.67. The van der Waals surface area contributed by atoms with Gasteiger partial charge < -0.3 is 9.30 Å². The molecule has 6 heteroatoms. The summed E-state index contributed by atoms with van der Waals surface area (Å²) in [6.45, 7) is 0. The van der Waals surface area contributed by atoms with Crippen LogP contribution in [0.25, 0.3) is 11.4 Å². The van der Waals surface area contributed by atoms with Gasteiger partial charge in [-0.2, -0.15) is 5.26 Å². The van der Waals surface area contributed by atoms with Crippen LogP contribution < -0.4 is 4.74 Å². The third-order valence-corrected chi connectivity index (χ3v) is 2.97. The van der Waals surface area contributed by atoms with Crippen molar-refractivity contribution in [3.05, 3.63) is 34.9 Å². The van der Waals surface area contributed by atoms with Crippen molar-refractivity contribution in [3.63, 3.8) is 0 Å². The highest BCUT2D eigenvalue weighted by Gasteiger charge is 2.15. The maximum Gasteiger partial charge on any atom is 0.178 e. The van der Waals surface area contributed by atoms with E-state index in [0.717, 1.165) is 0 Å². The van der Waals surface area contributed by atoms with Crippen LogP contribution in [0.3, 0.4) is 0 Å². The minimum atomic E-state index is -0.493. The highest BCUT2D eigenvalue weighted by Crippen LogP contribution is 2.27. The van der Waals surface area contributed by atoms with Crippen LogP contribution in [0.5, 0.6) is 5.75 Å². The molecule has 2 rings (SSSR count). The average molecular weight is 266 g/mol. The lowest BCUT2D eigenvalue weighted by Crippen LogP contribution is -1.94. The summed E-state index contributed by atoms with van der Waals surface area (Å²) in [5.74, 6) is 0.0882. The van der Waals surface area contributed by atoms with Gasteiger partial charge in [0.15, 0.2) is 17.3 Å². The first-order valence-corrected chi connectivity index (χ1v) is 5.42. The minimum Gasteiger partial charge on any atom is -0.494 e. The van der Waals surface area contributed by atoms with Crippen LogP contribution in [0.4, 0.5) is 4.39 Å². The van der Waals surface area contributed by atoms with Crippen LogP contribution >= 0.6 is 11.6 Å². The molecule has 4 nitrogen and oxygen atoms in total. The van der Waals surface area contributed by atoms with Gasteiger partial charge in [-0.3, -0.25) is 0 Å². The number of hydrogen-bond donors (Lipinski definition) is 0. The topological polar surface area (TPSA) is 50.8 Å². The molecule has 0 aliphatic heterocycles. The quantitative estimate of drug-likeness (QED) is 0.839. The van der Waals surface area contributed by atoms with E-state index in [4.69, 9.17) is 21.6 Å². The Hall–Kier alpha value is -2.06. The van der Waals surface area contributed by atoms with Crippen LogP contribution in [0.1, 0.15) is 5.69 Å². The summed E-state index contributed by atoms with van der Waals surface area (Å²) in [5, 5.41) is 9.06. The lowest BCUT2D eigenvalue weighted by atomic mass is 10.2. The van der Waals surface area contributed by atoms with Crippen molar-refractivity contribution in [1.82, 2.24) is 9.55 Å². The molecule has 1 aromatic heterocycles. The molecule has 0 aliphatic rings.